The molecule has 1 fully saturated rings. The van der Waals surface area contributed by atoms with Crippen LogP contribution in [-0.4, -0.2) is 52.1 Å². The highest BCUT2D eigenvalue weighted by Gasteiger charge is 2.23. The summed E-state index contributed by atoms with van der Waals surface area (Å²) in [4.78, 5) is 30.8. The molecule has 0 unspecified atom stereocenters. The zero-order valence-electron chi connectivity index (χ0n) is 18.1. The number of carbonyl (C=O) groups excluding carboxylic acids is 2. The highest BCUT2D eigenvalue weighted by Crippen LogP contribution is 2.17. The molecule has 1 aliphatic rings. The molecule has 2 aromatic heterocycles. The standard InChI is InChI=1S/C22H32N4O4/c1-4-21(27)26(13-18-8-6-10-29-18)12-17-7-5-9-25(17)14-20-24-19(15-30-20)22(28)23-11-16(2)3/h5,7,9,15-16,18H,4,6,8,10-14H2,1-3H3,(H,23,28)/t18-/m1/s1. The summed E-state index contributed by atoms with van der Waals surface area (Å²) < 4.78 is 13.2. The molecule has 0 aliphatic carbocycles. The molecule has 1 atom stereocenters. The number of ether oxygens (including phenoxy) is 1. The van der Waals surface area contributed by atoms with Crippen LogP contribution in [0.1, 0.15) is 62.1 Å². The molecule has 2 aromatic rings. The molecule has 1 N–H and O–H groups in total. The summed E-state index contributed by atoms with van der Waals surface area (Å²) in [5.41, 5.74) is 1.26. The lowest BCUT2D eigenvalue weighted by Gasteiger charge is -2.25. The fourth-order valence-electron chi connectivity index (χ4n) is 3.48. The van der Waals surface area contributed by atoms with E-state index in [0.717, 1.165) is 25.1 Å². The number of oxazole rings is 1. The molecule has 3 heterocycles. The maximum atomic E-state index is 12.5. The van der Waals surface area contributed by atoms with Gasteiger partial charge < -0.3 is 23.9 Å². The fraction of sp³-hybridized carbons (Fsp3) is 0.591. The van der Waals surface area contributed by atoms with Crippen molar-refractivity contribution < 1.29 is 18.7 Å². The molecule has 0 bridgehead atoms. The van der Waals surface area contributed by atoms with Gasteiger partial charge in [-0.1, -0.05) is 20.8 Å². The fourth-order valence-corrected chi connectivity index (χ4v) is 3.48. The maximum absolute atomic E-state index is 12.5. The second-order valence-corrected chi connectivity index (χ2v) is 8.12. The van der Waals surface area contributed by atoms with Gasteiger partial charge in [0.1, 0.15) is 6.26 Å². The molecule has 3 rings (SSSR count). The minimum absolute atomic E-state index is 0.110. The minimum Gasteiger partial charge on any atom is -0.446 e. The van der Waals surface area contributed by atoms with Crippen molar-refractivity contribution in [3.63, 3.8) is 0 Å². The molecular weight excluding hydrogens is 384 g/mol. The first kappa shape index (κ1) is 22.1. The normalized spacial score (nSPS) is 16.2. The third kappa shape index (κ3) is 5.95. The highest BCUT2D eigenvalue weighted by molar-refractivity contribution is 5.91. The average molecular weight is 417 g/mol. The van der Waals surface area contributed by atoms with Crippen LogP contribution in [0.5, 0.6) is 0 Å². The molecular formula is C22H32N4O4. The Kier molecular flexibility index (Phi) is 7.68. The van der Waals surface area contributed by atoms with Gasteiger partial charge in [-0.15, -0.1) is 0 Å². The summed E-state index contributed by atoms with van der Waals surface area (Å²) in [6.45, 7) is 8.82. The smallest absolute Gasteiger partial charge is 0.273 e. The van der Waals surface area contributed by atoms with Gasteiger partial charge in [-0.2, -0.15) is 0 Å². The van der Waals surface area contributed by atoms with Crippen molar-refractivity contribution in [3.05, 3.63) is 41.9 Å². The van der Waals surface area contributed by atoms with Gasteiger partial charge in [-0.3, -0.25) is 9.59 Å². The third-order valence-electron chi connectivity index (χ3n) is 5.14. The number of hydrogen-bond acceptors (Lipinski definition) is 5. The van der Waals surface area contributed by atoms with Gasteiger partial charge in [0, 0.05) is 38.0 Å². The SMILES string of the molecule is CCC(=O)N(Cc1cccn1Cc1nc(C(=O)NCC(C)C)co1)C[C@H]1CCCO1. The van der Waals surface area contributed by atoms with E-state index in [1.807, 2.05) is 48.6 Å². The molecule has 8 nitrogen and oxygen atoms in total. The largest absolute Gasteiger partial charge is 0.446 e. The average Bonchev–Trinajstić information content (AvgIpc) is 3.48. The van der Waals surface area contributed by atoms with Gasteiger partial charge >= 0.3 is 0 Å². The van der Waals surface area contributed by atoms with Crippen LogP contribution < -0.4 is 5.32 Å². The Labute approximate surface area is 177 Å². The number of hydrogen-bond donors (Lipinski definition) is 1. The highest BCUT2D eigenvalue weighted by atomic mass is 16.5. The lowest BCUT2D eigenvalue weighted by Crippen LogP contribution is -2.37. The minimum atomic E-state index is -0.234. The van der Waals surface area contributed by atoms with Crippen LogP contribution in [0.2, 0.25) is 0 Å². The predicted molar refractivity (Wildman–Crippen MR) is 112 cm³/mol. The van der Waals surface area contributed by atoms with Gasteiger partial charge in [0.25, 0.3) is 5.91 Å². The van der Waals surface area contributed by atoms with E-state index in [-0.39, 0.29) is 23.6 Å². The Morgan fingerprint density at radius 3 is 2.93 bits per heavy atom. The van der Waals surface area contributed by atoms with Crippen LogP contribution in [0.25, 0.3) is 0 Å². The van der Waals surface area contributed by atoms with Gasteiger partial charge in [-0.05, 0) is 30.9 Å². The van der Waals surface area contributed by atoms with Crippen molar-refractivity contribution in [1.82, 2.24) is 19.8 Å². The molecule has 0 radical (unpaired) electrons. The van der Waals surface area contributed by atoms with Crippen molar-refractivity contribution in [2.24, 2.45) is 5.92 Å². The Bertz CT molecular complexity index is 836. The van der Waals surface area contributed by atoms with Crippen molar-refractivity contribution >= 4 is 11.8 Å². The zero-order chi connectivity index (χ0) is 21.5. The first-order valence-corrected chi connectivity index (χ1v) is 10.7. The lowest BCUT2D eigenvalue weighted by molar-refractivity contribution is -0.133. The van der Waals surface area contributed by atoms with E-state index >= 15 is 0 Å². The first-order valence-electron chi connectivity index (χ1n) is 10.7. The molecule has 0 aromatic carbocycles. The number of carbonyl (C=O) groups is 2. The van der Waals surface area contributed by atoms with Gasteiger partial charge in [0.05, 0.1) is 19.2 Å². The molecule has 2 amide bonds. The van der Waals surface area contributed by atoms with Crippen LogP contribution in [0.15, 0.2) is 29.0 Å². The maximum Gasteiger partial charge on any atom is 0.273 e. The van der Waals surface area contributed by atoms with E-state index < -0.39 is 0 Å². The van der Waals surface area contributed by atoms with Gasteiger partial charge in [-0.25, -0.2) is 4.98 Å². The second-order valence-electron chi connectivity index (χ2n) is 8.12. The summed E-state index contributed by atoms with van der Waals surface area (Å²) in [6.07, 6.45) is 5.93. The number of rotatable bonds is 10. The van der Waals surface area contributed by atoms with E-state index in [1.54, 1.807) is 0 Å². The van der Waals surface area contributed by atoms with Crippen LogP contribution in [0.3, 0.4) is 0 Å². The van der Waals surface area contributed by atoms with Gasteiger partial charge in [0.2, 0.25) is 11.8 Å². The van der Waals surface area contributed by atoms with Crippen molar-refractivity contribution in [2.75, 3.05) is 19.7 Å². The molecule has 0 spiro atoms. The quantitative estimate of drug-likeness (QED) is 0.643. The summed E-state index contributed by atoms with van der Waals surface area (Å²) >= 11 is 0. The van der Waals surface area contributed by atoms with E-state index in [4.69, 9.17) is 9.15 Å². The summed E-state index contributed by atoms with van der Waals surface area (Å²) in [5, 5.41) is 2.84. The summed E-state index contributed by atoms with van der Waals surface area (Å²) in [6, 6.07) is 3.93. The topological polar surface area (TPSA) is 89.6 Å². The summed E-state index contributed by atoms with van der Waals surface area (Å²) in [7, 11) is 0. The van der Waals surface area contributed by atoms with Crippen LogP contribution in [-0.2, 0) is 22.6 Å². The predicted octanol–water partition coefficient (Wildman–Crippen LogP) is 2.83. The molecule has 30 heavy (non-hydrogen) atoms. The molecule has 0 saturated carbocycles. The van der Waals surface area contributed by atoms with Crippen molar-refractivity contribution in [3.8, 4) is 0 Å². The third-order valence-corrected chi connectivity index (χ3v) is 5.14. The molecule has 1 aliphatic heterocycles. The van der Waals surface area contributed by atoms with Crippen LogP contribution in [0.4, 0.5) is 0 Å². The van der Waals surface area contributed by atoms with Crippen LogP contribution in [0, 0.1) is 5.92 Å². The zero-order valence-corrected chi connectivity index (χ0v) is 18.1. The van der Waals surface area contributed by atoms with E-state index in [0.29, 0.717) is 44.4 Å². The number of nitrogens with one attached hydrogen (secondary N) is 1. The van der Waals surface area contributed by atoms with E-state index in [9.17, 15) is 9.59 Å². The molecule has 164 valence electrons. The van der Waals surface area contributed by atoms with E-state index in [2.05, 4.69) is 10.3 Å². The van der Waals surface area contributed by atoms with Gasteiger partial charge in [0.15, 0.2) is 5.69 Å². The Morgan fingerprint density at radius 1 is 1.40 bits per heavy atom. The molecule has 8 heteroatoms. The molecule has 1 saturated heterocycles. The Balaban J connectivity index is 1.64. The van der Waals surface area contributed by atoms with Crippen molar-refractivity contribution in [1.29, 1.82) is 0 Å². The Hall–Kier alpha value is -2.61. The van der Waals surface area contributed by atoms with Crippen molar-refractivity contribution in [2.45, 2.75) is 59.2 Å². The number of aromatic nitrogens is 2. The number of nitrogens with zero attached hydrogens (tertiary/aromatic N) is 3. The summed E-state index contributed by atoms with van der Waals surface area (Å²) in [5.74, 6) is 0.696. The first-order chi connectivity index (χ1) is 14.5. The lowest BCUT2D eigenvalue weighted by atomic mass is 10.2. The second kappa shape index (κ2) is 10.4. The monoisotopic (exact) mass is 416 g/mol. The van der Waals surface area contributed by atoms with E-state index in [1.165, 1.54) is 6.26 Å². The number of amides is 2. The Morgan fingerprint density at radius 2 is 2.23 bits per heavy atom. The van der Waals surface area contributed by atoms with Crippen LogP contribution >= 0.6 is 0 Å².